The van der Waals surface area contributed by atoms with Crippen LogP contribution in [0.15, 0.2) is 24.3 Å². The maximum atomic E-state index is 12.1. The number of rotatable bonds is 7. The van der Waals surface area contributed by atoms with Crippen molar-refractivity contribution < 1.29 is 9.53 Å². The molecule has 0 spiro atoms. The molecule has 0 aliphatic carbocycles. The van der Waals surface area contributed by atoms with Gasteiger partial charge in [0.05, 0.1) is 18.2 Å². The van der Waals surface area contributed by atoms with Gasteiger partial charge in [-0.3, -0.25) is 9.69 Å². The number of hydrogen-bond acceptors (Lipinski definition) is 4. The highest BCUT2D eigenvalue weighted by Gasteiger charge is 2.22. The van der Waals surface area contributed by atoms with Crippen LogP contribution in [0.4, 0.5) is 0 Å². The number of hydrogen-bond donors (Lipinski definition) is 2. The van der Waals surface area contributed by atoms with Crippen LogP contribution in [0.1, 0.15) is 45.2 Å². The first-order valence-electron chi connectivity index (χ1n) is 9.38. The maximum Gasteiger partial charge on any atom is 0.237 e. The standard InChI is InChI=1S/C20H33N3O2/c1-5-14(2)19(21)20(24)22-10-17-6-8-18(9-7-17)13-23-11-15(3)25-16(4)12-23/h6-9,14-16,19H,5,10-13,21H2,1-4H3,(H,22,24). The molecule has 4 unspecified atom stereocenters. The number of nitrogens with two attached hydrogens (primary N) is 1. The Bertz CT molecular complexity index is 536. The second kappa shape index (κ2) is 9.32. The van der Waals surface area contributed by atoms with Crippen molar-refractivity contribution in [1.82, 2.24) is 10.2 Å². The minimum atomic E-state index is -0.436. The fraction of sp³-hybridized carbons (Fsp3) is 0.650. The lowest BCUT2D eigenvalue weighted by Crippen LogP contribution is -2.44. The van der Waals surface area contributed by atoms with Crippen LogP contribution in [0.25, 0.3) is 0 Å². The van der Waals surface area contributed by atoms with E-state index >= 15 is 0 Å². The maximum absolute atomic E-state index is 12.1. The molecule has 1 saturated heterocycles. The lowest BCUT2D eigenvalue weighted by molar-refractivity contribution is -0.123. The van der Waals surface area contributed by atoms with Crippen molar-refractivity contribution in [3.63, 3.8) is 0 Å². The van der Waals surface area contributed by atoms with Crippen molar-refractivity contribution in [2.45, 2.75) is 65.5 Å². The van der Waals surface area contributed by atoms with E-state index in [1.165, 1.54) is 5.56 Å². The lowest BCUT2D eigenvalue weighted by Gasteiger charge is -2.35. The van der Waals surface area contributed by atoms with E-state index in [1.54, 1.807) is 0 Å². The first-order valence-corrected chi connectivity index (χ1v) is 9.38. The van der Waals surface area contributed by atoms with Crippen LogP contribution in [0, 0.1) is 5.92 Å². The number of ether oxygens (including phenoxy) is 1. The summed E-state index contributed by atoms with van der Waals surface area (Å²) < 4.78 is 5.78. The first kappa shape index (κ1) is 19.9. The van der Waals surface area contributed by atoms with Gasteiger partial charge in [-0.1, -0.05) is 44.5 Å². The summed E-state index contributed by atoms with van der Waals surface area (Å²) in [6.45, 7) is 11.7. The molecule has 4 atom stereocenters. The van der Waals surface area contributed by atoms with Gasteiger partial charge in [0.2, 0.25) is 5.91 Å². The van der Waals surface area contributed by atoms with Gasteiger partial charge in [-0.2, -0.15) is 0 Å². The predicted molar refractivity (Wildman–Crippen MR) is 101 cm³/mol. The first-order chi connectivity index (χ1) is 11.9. The van der Waals surface area contributed by atoms with Gasteiger partial charge in [0.25, 0.3) is 0 Å². The highest BCUT2D eigenvalue weighted by atomic mass is 16.5. The van der Waals surface area contributed by atoms with Crippen molar-refractivity contribution in [3.05, 3.63) is 35.4 Å². The Hall–Kier alpha value is -1.43. The second-order valence-corrected chi connectivity index (χ2v) is 7.40. The Kier molecular flexibility index (Phi) is 7.41. The molecule has 1 aliphatic rings. The van der Waals surface area contributed by atoms with Gasteiger partial charge in [0.15, 0.2) is 0 Å². The largest absolute Gasteiger partial charge is 0.373 e. The van der Waals surface area contributed by atoms with E-state index < -0.39 is 6.04 Å². The number of carbonyl (C=O) groups excluding carboxylic acids is 1. The van der Waals surface area contributed by atoms with Crippen molar-refractivity contribution in [2.24, 2.45) is 11.7 Å². The molecule has 140 valence electrons. The summed E-state index contributed by atoms with van der Waals surface area (Å²) in [4.78, 5) is 14.5. The van der Waals surface area contributed by atoms with Gasteiger partial charge in [-0.15, -0.1) is 0 Å². The smallest absolute Gasteiger partial charge is 0.237 e. The summed E-state index contributed by atoms with van der Waals surface area (Å²) in [6.07, 6.45) is 1.48. The average molecular weight is 348 g/mol. The molecule has 0 aromatic heterocycles. The van der Waals surface area contributed by atoms with E-state index in [2.05, 4.69) is 48.3 Å². The zero-order valence-corrected chi connectivity index (χ0v) is 16.0. The van der Waals surface area contributed by atoms with Crippen LogP contribution in [0.2, 0.25) is 0 Å². The molecule has 1 amide bonds. The number of nitrogens with one attached hydrogen (secondary N) is 1. The van der Waals surface area contributed by atoms with Crippen LogP contribution in [0.5, 0.6) is 0 Å². The third kappa shape index (κ3) is 6.10. The van der Waals surface area contributed by atoms with Crippen LogP contribution in [0.3, 0.4) is 0 Å². The summed E-state index contributed by atoms with van der Waals surface area (Å²) in [6, 6.07) is 8.01. The molecule has 5 heteroatoms. The van der Waals surface area contributed by atoms with Crippen LogP contribution in [-0.2, 0) is 22.6 Å². The molecular formula is C20H33N3O2. The molecule has 5 nitrogen and oxygen atoms in total. The van der Waals surface area contributed by atoms with Gasteiger partial charge < -0.3 is 15.8 Å². The molecule has 25 heavy (non-hydrogen) atoms. The zero-order chi connectivity index (χ0) is 18.4. The summed E-state index contributed by atoms with van der Waals surface area (Å²) >= 11 is 0. The van der Waals surface area contributed by atoms with Crippen molar-refractivity contribution >= 4 is 5.91 Å². The third-order valence-electron chi connectivity index (χ3n) is 4.95. The lowest BCUT2D eigenvalue weighted by atomic mass is 9.99. The van der Waals surface area contributed by atoms with Gasteiger partial charge in [0, 0.05) is 26.2 Å². The molecule has 1 aliphatic heterocycles. The van der Waals surface area contributed by atoms with Gasteiger partial charge in [-0.25, -0.2) is 0 Å². The molecule has 1 fully saturated rings. The molecule has 1 aromatic rings. The van der Waals surface area contributed by atoms with Crippen molar-refractivity contribution in [3.8, 4) is 0 Å². The number of benzene rings is 1. The fourth-order valence-electron chi connectivity index (χ4n) is 3.25. The van der Waals surface area contributed by atoms with Crippen molar-refractivity contribution in [2.75, 3.05) is 13.1 Å². The van der Waals surface area contributed by atoms with Gasteiger partial charge in [0.1, 0.15) is 0 Å². The molecule has 0 bridgehead atoms. The number of amides is 1. The second-order valence-electron chi connectivity index (χ2n) is 7.40. The van der Waals surface area contributed by atoms with E-state index in [0.29, 0.717) is 6.54 Å². The number of carbonyl (C=O) groups is 1. The Morgan fingerprint density at radius 2 is 1.80 bits per heavy atom. The quantitative estimate of drug-likeness (QED) is 0.794. The fourth-order valence-corrected chi connectivity index (χ4v) is 3.25. The summed E-state index contributed by atoms with van der Waals surface area (Å²) in [5, 5.41) is 2.94. The highest BCUT2D eigenvalue weighted by Crippen LogP contribution is 2.15. The van der Waals surface area contributed by atoms with E-state index in [0.717, 1.165) is 31.6 Å². The van der Waals surface area contributed by atoms with E-state index in [-0.39, 0.29) is 24.0 Å². The Labute approximate surface area is 151 Å². The zero-order valence-electron chi connectivity index (χ0n) is 16.0. The van der Waals surface area contributed by atoms with E-state index in [9.17, 15) is 4.79 Å². The Balaban J connectivity index is 1.82. The minimum Gasteiger partial charge on any atom is -0.373 e. The average Bonchev–Trinajstić information content (AvgIpc) is 2.58. The number of morpholine rings is 1. The normalized spacial score (nSPS) is 23.9. The molecule has 2 rings (SSSR count). The minimum absolute atomic E-state index is 0.0743. The molecule has 0 radical (unpaired) electrons. The highest BCUT2D eigenvalue weighted by molar-refractivity contribution is 5.81. The Morgan fingerprint density at radius 3 is 2.36 bits per heavy atom. The molecule has 1 aromatic carbocycles. The summed E-state index contributed by atoms with van der Waals surface area (Å²) in [5.41, 5.74) is 8.34. The molecular weight excluding hydrogens is 314 g/mol. The summed E-state index contributed by atoms with van der Waals surface area (Å²) in [5.74, 6) is 0.121. The van der Waals surface area contributed by atoms with E-state index in [4.69, 9.17) is 10.5 Å². The van der Waals surface area contributed by atoms with Crippen LogP contribution < -0.4 is 11.1 Å². The van der Waals surface area contributed by atoms with Crippen LogP contribution in [-0.4, -0.2) is 42.1 Å². The molecule has 0 saturated carbocycles. The van der Waals surface area contributed by atoms with Crippen LogP contribution >= 0.6 is 0 Å². The van der Waals surface area contributed by atoms with Gasteiger partial charge >= 0.3 is 0 Å². The monoisotopic (exact) mass is 347 g/mol. The SMILES string of the molecule is CCC(C)C(N)C(=O)NCc1ccc(CN2CC(C)OC(C)C2)cc1. The Morgan fingerprint density at radius 1 is 1.24 bits per heavy atom. The summed E-state index contributed by atoms with van der Waals surface area (Å²) in [7, 11) is 0. The van der Waals surface area contributed by atoms with Crippen molar-refractivity contribution in [1.29, 1.82) is 0 Å². The molecule has 3 N–H and O–H groups in total. The number of nitrogens with zero attached hydrogens (tertiary/aromatic N) is 1. The van der Waals surface area contributed by atoms with Gasteiger partial charge in [-0.05, 0) is 30.9 Å². The molecule has 1 heterocycles. The predicted octanol–water partition coefficient (Wildman–Crippen LogP) is 2.29. The topological polar surface area (TPSA) is 67.6 Å². The third-order valence-corrected chi connectivity index (χ3v) is 4.95. The van der Waals surface area contributed by atoms with E-state index in [1.807, 2.05) is 13.8 Å².